The van der Waals surface area contributed by atoms with E-state index in [0.29, 0.717) is 0 Å². The summed E-state index contributed by atoms with van der Waals surface area (Å²) < 4.78 is 2.38. The fraction of sp³-hybridized carbons (Fsp3) is 0.722. The maximum Gasteiger partial charge on any atom is 0.186 e. The minimum Gasteiger partial charge on any atom is -0.201 e. The molecular formula is C18H32N+. The van der Waals surface area contributed by atoms with Crippen molar-refractivity contribution in [1.82, 2.24) is 0 Å². The van der Waals surface area contributed by atoms with Gasteiger partial charge in [0.05, 0.1) is 0 Å². The molecule has 1 nitrogen and oxygen atoms in total. The summed E-state index contributed by atoms with van der Waals surface area (Å²) in [4.78, 5) is 0. The van der Waals surface area contributed by atoms with Gasteiger partial charge in [-0.1, -0.05) is 62.3 Å². The molecule has 0 aliphatic heterocycles. The Labute approximate surface area is 120 Å². The van der Waals surface area contributed by atoms with Crippen molar-refractivity contribution >= 4 is 0 Å². The van der Waals surface area contributed by atoms with Crippen LogP contribution in [0, 0.1) is 0 Å². The highest BCUT2D eigenvalue weighted by Crippen LogP contribution is 2.30. The average molecular weight is 262 g/mol. The molecule has 0 atom stereocenters. The standard InChI is InChI=1S/C18H32N/c1-16(2,3)13-11-14(17(4,5)6)19(10)15(12-13)18(7,8)9/h11-12H,1-10H3/q+1. The van der Waals surface area contributed by atoms with Gasteiger partial charge in [-0.05, 0) is 11.0 Å². The highest BCUT2D eigenvalue weighted by Gasteiger charge is 2.33. The SMILES string of the molecule is C[n+]1c(C(C)(C)C)cc(C(C)(C)C)cc1C(C)(C)C. The molecule has 0 saturated carbocycles. The van der Waals surface area contributed by atoms with Crippen molar-refractivity contribution in [3.63, 3.8) is 0 Å². The van der Waals surface area contributed by atoms with E-state index in [4.69, 9.17) is 0 Å². The lowest BCUT2D eigenvalue weighted by Gasteiger charge is -2.27. The Balaban J connectivity index is 3.68. The molecule has 0 unspecified atom stereocenters. The molecule has 0 aliphatic carbocycles. The molecule has 0 amide bonds. The summed E-state index contributed by atoms with van der Waals surface area (Å²) in [5.41, 5.74) is 4.76. The Morgan fingerprint density at radius 1 is 0.632 bits per heavy atom. The maximum absolute atomic E-state index is 2.38. The molecule has 0 fully saturated rings. The molecule has 1 rings (SSSR count). The molecule has 0 saturated heterocycles. The molecule has 1 aromatic rings. The predicted octanol–water partition coefficient (Wildman–Crippen LogP) is 4.40. The van der Waals surface area contributed by atoms with Crippen molar-refractivity contribution < 1.29 is 4.57 Å². The van der Waals surface area contributed by atoms with Gasteiger partial charge in [0.1, 0.15) is 7.05 Å². The van der Waals surface area contributed by atoms with Crippen molar-refractivity contribution in [2.75, 3.05) is 0 Å². The van der Waals surface area contributed by atoms with E-state index in [1.54, 1.807) is 0 Å². The Hall–Kier alpha value is -0.850. The zero-order valence-corrected chi connectivity index (χ0v) is 14.6. The lowest BCUT2D eigenvalue weighted by molar-refractivity contribution is -0.693. The van der Waals surface area contributed by atoms with Gasteiger partial charge in [-0.3, -0.25) is 0 Å². The largest absolute Gasteiger partial charge is 0.201 e. The fourth-order valence-electron chi connectivity index (χ4n) is 2.53. The third kappa shape index (κ3) is 3.58. The zero-order chi connectivity index (χ0) is 15.2. The lowest BCUT2D eigenvalue weighted by atomic mass is 9.80. The third-order valence-electron chi connectivity index (χ3n) is 3.71. The van der Waals surface area contributed by atoms with Crippen molar-refractivity contribution in [1.29, 1.82) is 0 Å². The normalized spacial score (nSPS) is 13.8. The second-order valence-corrected chi connectivity index (χ2v) is 8.82. The van der Waals surface area contributed by atoms with Gasteiger partial charge in [-0.25, -0.2) is 4.57 Å². The van der Waals surface area contributed by atoms with Crippen molar-refractivity contribution in [3.8, 4) is 0 Å². The molecule has 0 radical (unpaired) electrons. The van der Waals surface area contributed by atoms with Gasteiger partial charge < -0.3 is 0 Å². The van der Waals surface area contributed by atoms with E-state index in [-0.39, 0.29) is 16.2 Å². The van der Waals surface area contributed by atoms with Gasteiger partial charge in [0, 0.05) is 23.0 Å². The molecule has 0 aliphatic rings. The molecule has 0 bridgehead atoms. The molecule has 1 heterocycles. The van der Waals surface area contributed by atoms with E-state index >= 15 is 0 Å². The van der Waals surface area contributed by atoms with Gasteiger partial charge in [-0.2, -0.15) is 0 Å². The van der Waals surface area contributed by atoms with Gasteiger partial charge in [0.25, 0.3) is 0 Å². The average Bonchev–Trinajstić information content (AvgIpc) is 2.11. The predicted molar refractivity (Wildman–Crippen MR) is 83.7 cm³/mol. The van der Waals surface area contributed by atoms with Crippen LogP contribution in [0.2, 0.25) is 0 Å². The Bertz CT molecular complexity index is 427. The molecule has 0 N–H and O–H groups in total. The minimum absolute atomic E-state index is 0.163. The smallest absolute Gasteiger partial charge is 0.186 e. The van der Waals surface area contributed by atoms with Gasteiger partial charge in [-0.15, -0.1) is 0 Å². The molecule has 19 heavy (non-hydrogen) atoms. The van der Waals surface area contributed by atoms with Crippen LogP contribution in [0.3, 0.4) is 0 Å². The Morgan fingerprint density at radius 2 is 0.947 bits per heavy atom. The molecule has 0 aromatic carbocycles. The monoisotopic (exact) mass is 262 g/mol. The van der Waals surface area contributed by atoms with Crippen LogP contribution in [0.1, 0.15) is 79.3 Å². The summed E-state index contributed by atoms with van der Waals surface area (Å²) in [6, 6.07) is 4.77. The van der Waals surface area contributed by atoms with E-state index in [1.165, 1.54) is 17.0 Å². The minimum atomic E-state index is 0.163. The third-order valence-corrected chi connectivity index (χ3v) is 3.71. The number of rotatable bonds is 0. The Kier molecular flexibility index (Phi) is 3.93. The van der Waals surface area contributed by atoms with Crippen molar-refractivity contribution in [2.45, 2.75) is 78.6 Å². The molecule has 1 aromatic heterocycles. The summed E-state index contributed by atoms with van der Waals surface area (Å²) in [7, 11) is 2.20. The first-order chi connectivity index (χ1) is 8.24. The number of hydrogen-bond acceptors (Lipinski definition) is 0. The highest BCUT2D eigenvalue weighted by molar-refractivity contribution is 5.28. The highest BCUT2D eigenvalue weighted by atomic mass is 15.0. The van der Waals surface area contributed by atoms with E-state index < -0.39 is 0 Å². The van der Waals surface area contributed by atoms with E-state index in [1.807, 2.05) is 0 Å². The van der Waals surface area contributed by atoms with Gasteiger partial charge in [0.2, 0.25) is 0 Å². The summed E-state index contributed by atoms with van der Waals surface area (Å²) in [5.74, 6) is 0. The first-order valence-electron chi connectivity index (χ1n) is 7.30. The van der Waals surface area contributed by atoms with E-state index in [2.05, 4.69) is 86.1 Å². The Morgan fingerprint density at radius 3 is 1.16 bits per heavy atom. The van der Waals surface area contributed by atoms with Crippen LogP contribution in [0.25, 0.3) is 0 Å². The topological polar surface area (TPSA) is 3.88 Å². The lowest BCUT2D eigenvalue weighted by Crippen LogP contribution is -2.47. The van der Waals surface area contributed by atoms with Crippen LogP contribution in [-0.4, -0.2) is 0 Å². The zero-order valence-electron chi connectivity index (χ0n) is 14.6. The maximum atomic E-state index is 2.38. The second-order valence-electron chi connectivity index (χ2n) is 8.82. The van der Waals surface area contributed by atoms with Crippen LogP contribution in [0.4, 0.5) is 0 Å². The molecule has 1 heteroatoms. The molecular weight excluding hydrogens is 230 g/mol. The van der Waals surface area contributed by atoms with Crippen molar-refractivity contribution in [2.24, 2.45) is 7.05 Å². The van der Waals surface area contributed by atoms with Crippen LogP contribution in [0.5, 0.6) is 0 Å². The number of pyridine rings is 1. The van der Waals surface area contributed by atoms with Crippen LogP contribution >= 0.6 is 0 Å². The molecule has 0 spiro atoms. The van der Waals surface area contributed by atoms with Gasteiger partial charge >= 0.3 is 0 Å². The number of nitrogens with zero attached hydrogens (tertiary/aromatic N) is 1. The van der Waals surface area contributed by atoms with Crippen LogP contribution < -0.4 is 4.57 Å². The number of hydrogen-bond donors (Lipinski definition) is 0. The fourth-order valence-corrected chi connectivity index (χ4v) is 2.53. The first-order valence-corrected chi connectivity index (χ1v) is 7.30. The molecule has 108 valence electrons. The number of aromatic nitrogens is 1. The summed E-state index contributed by atoms with van der Waals surface area (Å²) in [6.07, 6.45) is 0. The summed E-state index contributed by atoms with van der Waals surface area (Å²) in [5, 5.41) is 0. The quantitative estimate of drug-likeness (QED) is 0.610. The first kappa shape index (κ1) is 16.2. The summed E-state index contributed by atoms with van der Waals surface area (Å²) >= 11 is 0. The van der Waals surface area contributed by atoms with Crippen LogP contribution in [0.15, 0.2) is 12.1 Å². The summed E-state index contributed by atoms with van der Waals surface area (Å²) in [6.45, 7) is 20.6. The van der Waals surface area contributed by atoms with Gasteiger partial charge in [0.15, 0.2) is 11.4 Å². The van der Waals surface area contributed by atoms with E-state index in [9.17, 15) is 0 Å². The van der Waals surface area contributed by atoms with Crippen molar-refractivity contribution in [3.05, 3.63) is 29.1 Å². The second kappa shape index (κ2) is 4.61. The van der Waals surface area contributed by atoms with E-state index in [0.717, 1.165) is 0 Å². The van der Waals surface area contributed by atoms with Crippen LogP contribution in [-0.2, 0) is 23.3 Å².